The molecule has 0 radical (unpaired) electrons. The van der Waals surface area contributed by atoms with Crippen LogP contribution in [0.1, 0.15) is 42.7 Å². The molecule has 4 heteroatoms. The summed E-state index contributed by atoms with van der Waals surface area (Å²) in [6.07, 6.45) is 6.08. The van der Waals surface area contributed by atoms with Crippen molar-refractivity contribution >= 4 is 17.7 Å². The van der Waals surface area contributed by atoms with Gasteiger partial charge in [-0.3, -0.25) is 4.79 Å². The molecule has 3 nitrogen and oxygen atoms in total. The lowest BCUT2D eigenvalue weighted by Gasteiger charge is -2.40. The number of nitrogens with zero attached hydrogens (tertiary/aromatic N) is 2. The van der Waals surface area contributed by atoms with Crippen LogP contribution in [0.2, 0.25) is 0 Å². The second-order valence-corrected chi connectivity index (χ2v) is 8.56. The third kappa shape index (κ3) is 3.36. The molecule has 24 heavy (non-hydrogen) atoms. The van der Waals surface area contributed by atoms with Crippen molar-refractivity contribution in [2.45, 2.75) is 44.1 Å². The molecule has 1 aromatic rings. The average Bonchev–Trinajstić information content (AvgIpc) is 3.07. The van der Waals surface area contributed by atoms with Crippen LogP contribution < -0.4 is 0 Å². The second kappa shape index (κ2) is 7.49. The molecule has 2 saturated heterocycles. The quantitative estimate of drug-likeness (QED) is 0.842. The average molecular weight is 345 g/mol. The summed E-state index contributed by atoms with van der Waals surface area (Å²) in [6.45, 7) is 4.44. The number of aryl methyl sites for hydroxylation is 1. The predicted molar refractivity (Wildman–Crippen MR) is 101 cm³/mol. The van der Waals surface area contributed by atoms with Crippen LogP contribution in [0.4, 0.5) is 0 Å². The van der Waals surface area contributed by atoms with Crippen LogP contribution in [0.25, 0.3) is 0 Å². The number of carbonyl (C=O) groups is 1. The minimum Gasteiger partial charge on any atom is -0.336 e. The van der Waals surface area contributed by atoms with Gasteiger partial charge in [-0.15, -0.1) is 0 Å². The number of hydrogen-bond acceptors (Lipinski definition) is 3. The van der Waals surface area contributed by atoms with Gasteiger partial charge in [0.25, 0.3) is 0 Å². The van der Waals surface area contributed by atoms with E-state index in [-0.39, 0.29) is 5.92 Å². The Kier molecular flexibility index (Phi) is 5.14. The minimum atomic E-state index is 0.105. The van der Waals surface area contributed by atoms with Crippen molar-refractivity contribution in [2.24, 2.45) is 0 Å². The zero-order valence-electron chi connectivity index (χ0n) is 14.5. The van der Waals surface area contributed by atoms with Crippen LogP contribution >= 0.6 is 11.8 Å². The molecular weight excluding hydrogens is 316 g/mol. The lowest BCUT2D eigenvalue weighted by molar-refractivity contribution is -0.135. The molecule has 2 atom stereocenters. The van der Waals surface area contributed by atoms with Crippen molar-refractivity contribution in [1.82, 2.24) is 9.80 Å². The fourth-order valence-corrected chi connectivity index (χ4v) is 5.60. The number of likely N-dealkylation sites (tertiary alicyclic amines) is 1. The molecule has 130 valence electrons. The molecule has 0 bridgehead atoms. The molecule has 0 N–H and O–H groups in total. The maximum Gasteiger partial charge on any atom is 0.230 e. The molecule has 2 heterocycles. The van der Waals surface area contributed by atoms with Crippen molar-refractivity contribution in [1.29, 1.82) is 0 Å². The highest BCUT2D eigenvalue weighted by Crippen LogP contribution is 2.35. The fourth-order valence-electron chi connectivity index (χ4n) is 4.55. The Labute approximate surface area is 149 Å². The van der Waals surface area contributed by atoms with E-state index >= 15 is 0 Å². The highest BCUT2D eigenvalue weighted by Gasteiger charge is 2.36. The topological polar surface area (TPSA) is 23.6 Å². The first-order chi connectivity index (χ1) is 11.8. The normalized spacial score (nSPS) is 27.9. The number of thioether (sulfide) groups is 1. The van der Waals surface area contributed by atoms with Crippen LogP contribution in [-0.4, -0.2) is 59.4 Å². The number of fused-ring (bicyclic) bond motifs is 1. The molecule has 1 aromatic carbocycles. The Hall–Kier alpha value is -1.00. The third-order valence-electron chi connectivity index (χ3n) is 5.86. The van der Waals surface area contributed by atoms with E-state index in [1.807, 2.05) is 11.8 Å². The van der Waals surface area contributed by atoms with Crippen LogP contribution in [0, 0.1) is 0 Å². The highest BCUT2D eigenvalue weighted by atomic mass is 32.2. The molecule has 4 rings (SSSR count). The maximum atomic E-state index is 13.3. The molecule has 2 fully saturated rings. The summed E-state index contributed by atoms with van der Waals surface area (Å²) in [5.74, 6) is 2.70. The third-order valence-corrected chi connectivity index (χ3v) is 6.95. The Morgan fingerprint density at radius 1 is 1.12 bits per heavy atom. The van der Waals surface area contributed by atoms with Gasteiger partial charge in [-0.05, 0) is 49.9 Å². The first-order valence-electron chi connectivity index (χ1n) is 9.51. The Balaban J connectivity index is 1.47. The minimum absolute atomic E-state index is 0.105. The lowest BCUT2D eigenvalue weighted by atomic mass is 9.99. The molecule has 1 aliphatic carbocycles. The van der Waals surface area contributed by atoms with Gasteiger partial charge in [-0.1, -0.05) is 30.7 Å². The van der Waals surface area contributed by atoms with E-state index in [0.29, 0.717) is 11.9 Å². The van der Waals surface area contributed by atoms with E-state index in [2.05, 4.69) is 34.1 Å². The molecule has 1 amide bonds. The molecule has 0 saturated carbocycles. The number of piperidine rings is 1. The van der Waals surface area contributed by atoms with Gasteiger partial charge in [0.05, 0.1) is 12.0 Å². The summed E-state index contributed by atoms with van der Waals surface area (Å²) < 4.78 is 0. The van der Waals surface area contributed by atoms with Crippen molar-refractivity contribution < 1.29 is 4.79 Å². The van der Waals surface area contributed by atoms with Gasteiger partial charge < -0.3 is 9.80 Å². The first-order valence-corrected chi connectivity index (χ1v) is 10.7. The van der Waals surface area contributed by atoms with Crippen molar-refractivity contribution in [3.63, 3.8) is 0 Å². The summed E-state index contributed by atoms with van der Waals surface area (Å²) in [4.78, 5) is 18.1. The molecule has 2 unspecified atom stereocenters. The molecule has 3 aliphatic rings. The first kappa shape index (κ1) is 16.5. The standard InChI is InChI=1S/C20H28N2OS/c23-20(19-9-8-16-6-2-3-7-18(16)19)22-12-13-24-15-17(22)14-21-10-4-1-5-11-21/h2-3,6-7,17,19H,1,4-5,8-15H2. The smallest absolute Gasteiger partial charge is 0.230 e. The zero-order chi connectivity index (χ0) is 16.4. The van der Waals surface area contributed by atoms with Gasteiger partial charge in [0.1, 0.15) is 0 Å². The van der Waals surface area contributed by atoms with E-state index in [4.69, 9.17) is 0 Å². The number of benzene rings is 1. The largest absolute Gasteiger partial charge is 0.336 e. The highest BCUT2D eigenvalue weighted by molar-refractivity contribution is 7.99. The number of rotatable bonds is 3. The predicted octanol–water partition coefficient (Wildman–Crippen LogP) is 3.15. The van der Waals surface area contributed by atoms with Crippen molar-refractivity contribution in [3.8, 4) is 0 Å². The van der Waals surface area contributed by atoms with E-state index in [9.17, 15) is 4.79 Å². The summed E-state index contributed by atoms with van der Waals surface area (Å²) in [7, 11) is 0. The summed E-state index contributed by atoms with van der Waals surface area (Å²) in [5.41, 5.74) is 2.67. The van der Waals surface area contributed by atoms with Gasteiger partial charge in [0.15, 0.2) is 0 Å². The fraction of sp³-hybridized carbons (Fsp3) is 0.650. The van der Waals surface area contributed by atoms with Crippen LogP contribution in [0.15, 0.2) is 24.3 Å². The number of carbonyl (C=O) groups excluding carboxylic acids is 1. The Bertz CT molecular complexity index is 585. The number of hydrogen-bond donors (Lipinski definition) is 0. The summed E-state index contributed by atoms with van der Waals surface area (Å²) in [5, 5.41) is 0. The molecule has 0 spiro atoms. The lowest BCUT2D eigenvalue weighted by Crippen LogP contribution is -2.53. The summed E-state index contributed by atoms with van der Waals surface area (Å²) >= 11 is 2.02. The van der Waals surface area contributed by atoms with Gasteiger partial charge in [0, 0.05) is 24.6 Å². The van der Waals surface area contributed by atoms with Gasteiger partial charge in [-0.2, -0.15) is 11.8 Å². The summed E-state index contributed by atoms with van der Waals surface area (Å²) in [6, 6.07) is 8.95. The van der Waals surface area contributed by atoms with Crippen LogP contribution in [0.3, 0.4) is 0 Å². The molecular formula is C20H28N2OS. The SMILES string of the molecule is O=C(C1CCc2ccccc21)N1CCSCC1CN1CCCCC1. The van der Waals surface area contributed by atoms with Gasteiger partial charge in [-0.25, -0.2) is 0 Å². The second-order valence-electron chi connectivity index (χ2n) is 7.41. The maximum absolute atomic E-state index is 13.3. The molecule has 2 aliphatic heterocycles. The van der Waals surface area contributed by atoms with Crippen LogP contribution in [-0.2, 0) is 11.2 Å². The van der Waals surface area contributed by atoms with E-state index in [0.717, 1.165) is 37.4 Å². The molecule has 0 aromatic heterocycles. The van der Waals surface area contributed by atoms with Crippen molar-refractivity contribution in [3.05, 3.63) is 35.4 Å². The van der Waals surface area contributed by atoms with E-state index < -0.39 is 0 Å². The van der Waals surface area contributed by atoms with Gasteiger partial charge >= 0.3 is 0 Å². The van der Waals surface area contributed by atoms with Crippen LogP contribution in [0.5, 0.6) is 0 Å². The van der Waals surface area contributed by atoms with E-state index in [1.165, 1.54) is 43.5 Å². The zero-order valence-corrected chi connectivity index (χ0v) is 15.3. The van der Waals surface area contributed by atoms with Gasteiger partial charge in [0.2, 0.25) is 5.91 Å². The number of amides is 1. The Morgan fingerprint density at radius 2 is 1.96 bits per heavy atom. The monoisotopic (exact) mass is 344 g/mol. The van der Waals surface area contributed by atoms with E-state index in [1.54, 1.807) is 0 Å². The Morgan fingerprint density at radius 3 is 2.83 bits per heavy atom. The van der Waals surface area contributed by atoms with Crippen molar-refractivity contribution in [2.75, 3.05) is 37.7 Å².